The first-order chi connectivity index (χ1) is 16.5. The van der Waals surface area contributed by atoms with E-state index < -0.39 is 24.5 Å². The second kappa shape index (κ2) is 10.1. The Balaban J connectivity index is 1.33. The molecule has 174 valence electrons. The van der Waals surface area contributed by atoms with E-state index in [4.69, 9.17) is 14.3 Å². The first kappa shape index (κ1) is 22.8. The van der Waals surface area contributed by atoms with Gasteiger partial charge < -0.3 is 24.5 Å². The van der Waals surface area contributed by atoms with Gasteiger partial charge in [0.05, 0.1) is 6.54 Å². The Hall–Kier alpha value is -4.33. The summed E-state index contributed by atoms with van der Waals surface area (Å²) in [5.41, 5.74) is 4.54. The van der Waals surface area contributed by atoms with E-state index >= 15 is 0 Å². The maximum atomic E-state index is 12.5. The maximum absolute atomic E-state index is 12.5. The van der Waals surface area contributed by atoms with Crippen molar-refractivity contribution in [2.45, 2.75) is 12.5 Å². The number of carboxylic acids is 1. The molecule has 2 N–H and O–H groups in total. The van der Waals surface area contributed by atoms with Crippen molar-refractivity contribution in [2.75, 3.05) is 19.7 Å². The zero-order valence-corrected chi connectivity index (χ0v) is 18.4. The number of ether oxygens (including phenoxy) is 1. The summed E-state index contributed by atoms with van der Waals surface area (Å²) in [4.78, 5) is 36.9. The molecule has 0 atom stereocenters. The Bertz CT molecular complexity index is 1190. The number of nitrogens with zero attached hydrogens (tertiary/aromatic N) is 1. The first-order valence-corrected chi connectivity index (χ1v) is 10.8. The molecule has 1 heterocycles. The van der Waals surface area contributed by atoms with Crippen LogP contribution in [0, 0.1) is 0 Å². The molecular formula is C26H24N2O6. The molecule has 8 heteroatoms. The molecule has 1 aromatic heterocycles. The highest BCUT2D eigenvalue weighted by atomic mass is 16.5. The molecule has 3 aromatic rings. The van der Waals surface area contributed by atoms with Crippen molar-refractivity contribution >= 4 is 18.0 Å². The molecule has 4 rings (SSSR count). The van der Waals surface area contributed by atoms with E-state index in [0.717, 1.165) is 27.2 Å². The van der Waals surface area contributed by atoms with Crippen LogP contribution in [-0.4, -0.2) is 47.7 Å². The number of hydrogen-bond donors (Lipinski definition) is 2. The number of carboxylic acid groups (broad SMARTS) is 1. The van der Waals surface area contributed by atoms with Crippen molar-refractivity contribution in [3.8, 4) is 11.1 Å². The Morgan fingerprint density at radius 3 is 2.29 bits per heavy atom. The highest BCUT2D eigenvalue weighted by Gasteiger charge is 2.29. The van der Waals surface area contributed by atoms with Crippen molar-refractivity contribution in [1.82, 2.24) is 10.2 Å². The number of carbonyl (C=O) groups is 3. The van der Waals surface area contributed by atoms with Crippen LogP contribution in [0.15, 0.2) is 77.7 Å². The van der Waals surface area contributed by atoms with E-state index in [1.807, 2.05) is 36.4 Å². The average Bonchev–Trinajstić information content (AvgIpc) is 3.43. The van der Waals surface area contributed by atoms with Gasteiger partial charge in [0.15, 0.2) is 5.76 Å². The lowest BCUT2D eigenvalue weighted by Gasteiger charge is -2.17. The molecule has 0 unspecified atom stereocenters. The van der Waals surface area contributed by atoms with Gasteiger partial charge in [0.2, 0.25) is 0 Å². The highest BCUT2D eigenvalue weighted by molar-refractivity contribution is 5.93. The molecule has 2 amide bonds. The molecule has 1 aliphatic rings. The largest absolute Gasteiger partial charge is 0.480 e. The molecule has 0 saturated carbocycles. The van der Waals surface area contributed by atoms with Crippen molar-refractivity contribution in [3.05, 3.63) is 96.0 Å². The van der Waals surface area contributed by atoms with Crippen LogP contribution < -0.4 is 5.32 Å². The van der Waals surface area contributed by atoms with Gasteiger partial charge in [-0.2, -0.15) is 0 Å². The lowest BCUT2D eigenvalue weighted by molar-refractivity contribution is -0.137. The lowest BCUT2D eigenvalue weighted by atomic mass is 9.98. The molecule has 2 aromatic carbocycles. The monoisotopic (exact) mass is 460 g/mol. The SMILES string of the molecule is C=CCN(CC(=O)O)C(=O)c1ccc(CNC(=O)OCC2c3ccccc3-c3ccccc32)o1. The van der Waals surface area contributed by atoms with E-state index in [9.17, 15) is 14.4 Å². The summed E-state index contributed by atoms with van der Waals surface area (Å²) in [6.07, 6.45) is 0.828. The fraction of sp³-hybridized carbons (Fsp3) is 0.192. The van der Waals surface area contributed by atoms with E-state index in [2.05, 4.69) is 24.0 Å². The minimum Gasteiger partial charge on any atom is -0.480 e. The van der Waals surface area contributed by atoms with Crippen LogP contribution in [0.5, 0.6) is 0 Å². The molecule has 0 aliphatic heterocycles. The van der Waals surface area contributed by atoms with Gasteiger partial charge in [-0.1, -0.05) is 54.6 Å². The Morgan fingerprint density at radius 1 is 1.03 bits per heavy atom. The van der Waals surface area contributed by atoms with Crippen LogP contribution in [0.25, 0.3) is 11.1 Å². The van der Waals surface area contributed by atoms with Crippen LogP contribution in [0.3, 0.4) is 0 Å². The van der Waals surface area contributed by atoms with Gasteiger partial charge in [-0.25, -0.2) is 4.79 Å². The molecule has 8 nitrogen and oxygen atoms in total. The quantitative estimate of drug-likeness (QED) is 0.467. The zero-order valence-electron chi connectivity index (χ0n) is 18.4. The third kappa shape index (κ3) is 4.85. The summed E-state index contributed by atoms with van der Waals surface area (Å²) in [6.45, 7) is 3.33. The number of carbonyl (C=O) groups excluding carboxylic acids is 2. The second-order valence-electron chi connectivity index (χ2n) is 7.81. The van der Waals surface area contributed by atoms with Crippen molar-refractivity contribution in [1.29, 1.82) is 0 Å². The normalized spacial score (nSPS) is 11.9. The van der Waals surface area contributed by atoms with Gasteiger partial charge in [-0.3, -0.25) is 9.59 Å². The number of nitrogens with one attached hydrogen (secondary N) is 1. The third-order valence-corrected chi connectivity index (χ3v) is 5.59. The Labute approximate surface area is 196 Å². The fourth-order valence-corrected chi connectivity index (χ4v) is 4.09. The van der Waals surface area contributed by atoms with Crippen LogP contribution in [0.4, 0.5) is 4.79 Å². The minimum absolute atomic E-state index is 0.0182. The van der Waals surface area contributed by atoms with E-state index in [0.29, 0.717) is 5.76 Å². The van der Waals surface area contributed by atoms with Crippen LogP contribution >= 0.6 is 0 Å². The minimum atomic E-state index is -1.14. The number of rotatable bonds is 9. The average molecular weight is 460 g/mol. The number of alkyl carbamates (subject to hydrolysis) is 1. The van der Waals surface area contributed by atoms with Gasteiger partial charge >= 0.3 is 12.1 Å². The maximum Gasteiger partial charge on any atom is 0.407 e. The van der Waals surface area contributed by atoms with Gasteiger partial charge in [-0.15, -0.1) is 6.58 Å². The second-order valence-corrected chi connectivity index (χ2v) is 7.81. The zero-order chi connectivity index (χ0) is 24.1. The standard InChI is InChI=1S/C26H24N2O6/c1-2-13-28(15-24(29)30)25(31)23-12-11-17(34-23)14-27-26(32)33-16-22-20-9-5-3-7-18(20)19-8-4-6-10-21(19)22/h2-12,22H,1,13-16H2,(H,27,32)(H,29,30). The Kier molecular flexibility index (Phi) is 6.77. The summed E-state index contributed by atoms with van der Waals surface area (Å²) in [5.74, 6) is -1.44. The predicted molar refractivity (Wildman–Crippen MR) is 124 cm³/mol. The summed E-state index contributed by atoms with van der Waals surface area (Å²) < 4.78 is 11.0. The molecular weight excluding hydrogens is 436 g/mol. The fourth-order valence-electron chi connectivity index (χ4n) is 4.09. The highest BCUT2D eigenvalue weighted by Crippen LogP contribution is 2.44. The van der Waals surface area contributed by atoms with Crippen LogP contribution in [0.2, 0.25) is 0 Å². The van der Waals surface area contributed by atoms with Gasteiger partial charge in [-0.05, 0) is 34.4 Å². The lowest BCUT2D eigenvalue weighted by Crippen LogP contribution is -2.35. The molecule has 0 saturated heterocycles. The smallest absolute Gasteiger partial charge is 0.407 e. The van der Waals surface area contributed by atoms with Crippen LogP contribution in [-0.2, 0) is 16.1 Å². The molecule has 34 heavy (non-hydrogen) atoms. The van der Waals surface area contributed by atoms with Crippen LogP contribution in [0.1, 0.15) is 33.4 Å². The number of benzene rings is 2. The predicted octanol–water partition coefficient (Wildman–Crippen LogP) is 4.03. The first-order valence-electron chi connectivity index (χ1n) is 10.8. The van der Waals surface area contributed by atoms with Gasteiger partial charge in [0.25, 0.3) is 5.91 Å². The molecule has 1 aliphatic carbocycles. The number of fused-ring (bicyclic) bond motifs is 3. The number of aliphatic carboxylic acids is 1. The van der Waals surface area contributed by atoms with Gasteiger partial charge in [0.1, 0.15) is 18.9 Å². The van der Waals surface area contributed by atoms with Crippen molar-refractivity contribution in [2.24, 2.45) is 0 Å². The summed E-state index contributed by atoms with van der Waals surface area (Å²) in [5, 5.41) is 11.6. The number of furan rings is 1. The third-order valence-electron chi connectivity index (χ3n) is 5.59. The Morgan fingerprint density at radius 2 is 1.68 bits per heavy atom. The van der Waals surface area contributed by atoms with Crippen molar-refractivity contribution < 1.29 is 28.6 Å². The molecule has 0 radical (unpaired) electrons. The van der Waals surface area contributed by atoms with E-state index in [1.54, 1.807) is 6.07 Å². The molecule has 0 spiro atoms. The van der Waals surface area contributed by atoms with E-state index in [1.165, 1.54) is 12.1 Å². The summed E-state index contributed by atoms with van der Waals surface area (Å²) >= 11 is 0. The molecule has 0 fully saturated rings. The molecule has 0 bridgehead atoms. The van der Waals surface area contributed by atoms with Gasteiger partial charge in [0, 0.05) is 12.5 Å². The number of hydrogen-bond acceptors (Lipinski definition) is 5. The van der Waals surface area contributed by atoms with Crippen molar-refractivity contribution in [3.63, 3.8) is 0 Å². The number of amides is 2. The summed E-state index contributed by atoms with van der Waals surface area (Å²) in [7, 11) is 0. The van der Waals surface area contributed by atoms with E-state index in [-0.39, 0.29) is 31.4 Å². The summed E-state index contributed by atoms with van der Waals surface area (Å²) in [6, 6.07) is 19.1. The topological polar surface area (TPSA) is 109 Å².